The number of hydrazine groups is 1. The topological polar surface area (TPSA) is 66.2 Å². The minimum Gasteiger partial charge on any atom is -0.183 e. The van der Waals surface area contributed by atoms with E-state index in [0.29, 0.717) is 0 Å². The quantitative estimate of drug-likeness (QED) is 0.218. The van der Waals surface area contributed by atoms with Crippen LogP contribution in [0.15, 0.2) is 0 Å². The highest BCUT2D eigenvalue weighted by molar-refractivity contribution is 4.17. The lowest BCUT2D eigenvalue weighted by Crippen LogP contribution is -2.09. The van der Waals surface area contributed by atoms with E-state index in [4.69, 9.17) is 5.39 Å². The van der Waals surface area contributed by atoms with Crippen LogP contribution in [0.2, 0.25) is 0 Å². The molecule has 0 heterocycles. The zero-order valence-corrected chi connectivity index (χ0v) is 1.97. The SMILES string of the molecule is N#[N+]NN. The molecule has 0 aromatic rings. The molecule has 3 N–H and O–H groups in total. The molecule has 0 saturated carbocycles. The van der Waals surface area contributed by atoms with Crippen LogP contribution in [0.4, 0.5) is 0 Å². The molecule has 22 valence electrons. The number of nitrogens with zero attached hydrogens (tertiary/aromatic N) is 2. The number of diazo groups is 1. The Morgan fingerprint density at radius 3 is 2.25 bits per heavy atom. The summed E-state index contributed by atoms with van der Waals surface area (Å²) in [6, 6.07) is 0. The lowest BCUT2D eigenvalue weighted by Gasteiger charge is -1.42. The molecule has 0 bridgehead atoms. The molecule has 0 unspecified atom stereocenters. The van der Waals surface area contributed by atoms with Gasteiger partial charge in [-0.1, -0.05) is 0 Å². The molecule has 4 nitrogen and oxygen atoms in total. The fraction of sp³-hybridized carbons (Fsp3) is 0. The molecule has 4 heavy (non-hydrogen) atoms. The molecule has 0 aliphatic carbocycles. The number of rotatable bonds is 0. The Balaban J connectivity index is 2.43. The van der Waals surface area contributed by atoms with Crippen molar-refractivity contribution in [2.24, 2.45) is 5.84 Å². The smallest absolute Gasteiger partial charge is 0.183 e. The minimum atomic E-state index is 1.61. The lowest BCUT2D eigenvalue weighted by atomic mass is 12.5. The largest absolute Gasteiger partial charge is 0.319 e. The van der Waals surface area contributed by atoms with Gasteiger partial charge in [-0.15, -0.1) is 0 Å². The third kappa shape index (κ3) is 1.18. The average molecular weight is 59.1 g/mol. The zero-order valence-electron chi connectivity index (χ0n) is 1.97. The van der Waals surface area contributed by atoms with E-state index < -0.39 is 0 Å². The molecule has 0 amide bonds. The molecule has 4 heteroatoms. The summed E-state index contributed by atoms with van der Waals surface area (Å²) < 4.78 is 0. The Labute approximate surface area is 23.2 Å². The maximum Gasteiger partial charge on any atom is 0.319 e. The van der Waals surface area contributed by atoms with Crippen LogP contribution in [0.25, 0.3) is 5.08 Å². The molecule has 0 atom stereocenters. The Bertz CT molecular complexity index is 29.8. The second-order valence-corrected chi connectivity index (χ2v) is 0.229. The Morgan fingerprint density at radius 1 is 2.00 bits per heavy atom. The Kier molecular flexibility index (Phi) is 1.73. The summed E-state index contributed by atoms with van der Waals surface area (Å²) >= 11 is 0. The van der Waals surface area contributed by atoms with E-state index >= 15 is 0 Å². The normalized spacial score (nSPS) is 4.00. The molecule has 0 fully saturated rings. The van der Waals surface area contributed by atoms with Gasteiger partial charge in [0.05, 0.1) is 0 Å². The Hall–Kier alpha value is -0.820. The van der Waals surface area contributed by atoms with E-state index in [-0.39, 0.29) is 0 Å². The predicted octanol–water partition coefficient (Wildman–Crippen LogP) is -0.782. The highest BCUT2D eigenvalue weighted by Crippen LogP contribution is 1.23. The average Bonchev–Trinajstić information content (AvgIpc) is 1.37. The third-order valence-electron chi connectivity index (χ3n) is 0.0577. The van der Waals surface area contributed by atoms with E-state index in [2.05, 4.69) is 10.9 Å². The van der Waals surface area contributed by atoms with Gasteiger partial charge in [-0.2, -0.15) is 5.84 Å². The monoisotopic (exact) mass is 59.0 g/mol. The van der Waals surface area contributed by atoms with E-state index in [1.165, 1.54) is 0 Å². The second-order valence-electron chi connectivity index (χ2n) is 0.229. The van der Waals surface area contributed by atoms with E-state index in [1.807, 2.05) is 0 Å². The van der Waals surface area contributed by atoms with Crippen LogP contribution >= 0.6 is 0 Å². The van der Waals surface area contributed by atoms with Crippen molar-refractivity contribution in [2.75, 3.05) is 0 Å². The van der Waals surface area contributed by atoms with Gasteiger partial charge >= 0.3 is 5.08 Å². The first-order valence-corrected chi connectivity index (χ1v) is 0.712. The molecule has 0 spiro atoms. The minimum absolute atomic E-state index is 1.61. The van der Waals surface area contributed by atoms with Gasteiger partial charge in [0, 0.05) is 5.53 Å². The van der Waals surface area contributed by atoms with E-state index in [9.17, 15) is 0 Å². The number of nitrogens with one attached hydrogen (secondary N) is 1. The highest BCUT2D eigenvalue weighted by Gasteiger charge is 1.58. The first-order chi connectivity index (χ1) is 1.91. The van der Waals surface area contributed by atoms with Crippen molar-refractivity contribution in [3.63, 3.8) is 0 Å². The van der Waals surface area contributed by atoms with Crippen LogP contribution in [-0.2, 0) is 0 Å². The third-order valence-corrected chi connectivity index (χ3v) is 0.0577. The van der Waals surface area contributed by atoms with Gasteiger partial charge in [-0.05, 0) is 0 Å². The van der Waals surface area contributed by atoms with Crippen LogP contribution in [0.1, 0.15) is 0 Å². The van der Waals surface area contributed by atoms with Crippen molar-refractivity contribution in [3.05, 3.63) is 5.08 Å². The van der Waals surface area contributed by atoms with Crippen molar-refractivity contribution in [1.82, 2.24) is 5.53 Å². The van der Waals surface area contributed by atoms with Crippen molar-refractivity contribution in [1.29, 1.82) is 5.39 Å². The van der Waals surface area contributed by atoms with E-state index in [0.717, 1.165) is 0 Å². The lowest BCUT2D eigenvalue weighted by molar-refractivity contribution is 0.928. The number of nitrogens with two attached hydrogens (primary N) is 1. The van der Waals surface area contributed by atoms with Gasteiger partial charge in [0.2, 0.25) is 0 Å². The van der Waals surface area contributed by atoms with E-state index in [1.54, 1.807) is 5.53 Å². The molecular weight excluding hydrogens is 56.0 g/mol. The summed E-state index contributed by atoms with van der Waals surface area (Å²) in [6.07, 6.45) is 0. The summed E-state index contributed by atoms with van der Waals surface area (Å²) in [5.74, 6) is 4.36. The maximum atomic E-state index is 7.26. The summed E-state index contributed by atoms with van der Waals surface area (Å²) in [4.78, 5) is 0. The summed E-state index contributed by atoms with van der Waals surface area (Å²) in [6.45, 7) is 0. The molecule has 0 radical (unpaired) electrons. The van der Waals surface area contributed by atoms with Crippen molar-refractivity contribution in [3.8, 4) is 0 Å². The van der Waals surface area contributed by atoms with Gasteiger partial charge in [0.1, 0.15) is 0 Å². The van der Waals surface area contributed by atoms with Crippen molar-refractivity contribution in [2.45, 2.75) is 0 Å². The van der Waals surface area contributed by atoms with Crippen LogP contribution in [0.5, 0.6) is 0 Å². The van der Waals surface area contributed by atoms with Gasteiger partial charge in [0.15, 0.2) is 0 Å². The maximum absolute atomic E-state index is 7.26. The first kappa shape index (κ1) is 3.18. The summed E-state index contributed by atoms with van der Waals surface area (Å²) in [5.41, 5.74) is 1.61. The molecular formula is H3N4+. The standard InChI is InChI=1S/H2N4/c1-3-4-2/h1-2H/p+1. The molecule has 0 aromatic heterocycles. The molecule has 0 aromatic carbocycles. The second kappa shape index (κ2) is 2.18. The molecule has 0 aliphatic heterocycles. The van der Waals surface area contributed by atoms with Crippen LogP contribution in [0.3, 0.4) is 0 Å². The highest BCUT2D eigenvalue weighted by atomic mass is 15.5. The zero-order chi connectivity index (χ0) is 3.41. The predicted molar refractivity (Wildman–Crippen MR) is 12.4 cm³/mol. The Morgan fingerprint density at radius 2 is 2.25 bits per heavy atom. The molecule has 0 aliphatic rings. The van der Waals surface area contributed by atoms with Gasteiger partial charge in [-0.3, -0.25) is 0 Å². The summed E-state index contributed by atoms with van der Waals surface area (Å²) in [5, 5.41) is 9.53. The van der Waals surface area contributed by atoms with Crippen molar-refractivity contribution >= 4 is 0 Å². The van der Waals surface area contributed by atoms with Crippen LogP contribution in [-0.4, -0.2) is 0 Å². The number of hydrogen-bond donors (Lipinski definition) is 2. The molecule has 0 rings (SSSR count). The van der Waals surface area contributed by atoms with Crippen LogP contribution in [0, 0.1) is 5.39 Å². The van der Waals surface area contributed by atoms with Gasteiger partial charge < -0.3 is 0 Å². The first-order valence-electron chi connectivity index (χ1n) is 0.712. The van der Waals surface area contributed by atoms with Gasteiger partial charge in [0.25, 0.3) is 5.39 Å². The molecule has 0 saturated heterocycles. The summed E-state index contributed by atoms with van der Waals surface area (Å²) in [7, 11) is 0. The van der Waals surface area contributed by atoms with Crippen LogP contribution < -0.4 is 11.4 Å². The fourth-order valence-corrected chi connectivity index (χ4v) is 0. The van der Waals surface area contributed by atoms with Crippen molar-refractivity contribution < 1.29 is 0 Å². The number of hydrogen-bond acceptors (Lipinski definition) is 3. The fourth-order valence-electron chi connectivity index (χ4n) is 0. The van der Waals surface area contributed by atoms with Gasteiger partial charge in [-0.25, -0.2) is 0 Å².